The Balaban J connectivity index is 2.39. The van der Waals surface area contributed by atoms with Crippen molar-refractivity contribution in [1.82, 2.24) is 5.32 Å². The van der Waals surface area contributed by atoms with E-state index in [-0.39, 0.29) is 12.3 Å². The minimum atomic E-state index is -1.04. The minimum absolute atomic E-state index is 0.0742. The number of esters is 2. The van der Waals surface area contributed by atoms with Gasteiger partial charge in [0.05, 0.1) is 25.6 Å². The van der Waals surface area contributed by atoms with Crippen LogP contribution in [0.4, 0.5) is 0 Å². The summed E-state index contributed by atoms with van der Waals surface area (Å²) in [7, 11) is 2.53. The van der Waals surface area contributed by atoms with Crippen LogP contribution >= 0.6 is 0 Å². The van der Waals surface area contributed by atoms with E-state index in [1.165, 1.54) is 14.2 Å². The predicted molar refractivity (Wildman–Crippen MR) is 109 cm³/mol. The second-order valence-electron chi connectivity index (χ2n) is 7.07. The van der Waals surface area contributed by atoms with Gasteiger partial charge in [-0.05, 0) is 24.5 Å². The summed E-state index contributed by atoms with van der Waals surface area (Å²) in [6.07, 6.45) is 0.0742. The number of hydrogen-bond donors (Lipinski definition) is 1. The highest BCUT2D eigenvalue weighted by atomic mass is 16.5. The molecule has 29 heavy (non-hydrogen) atoms. The molecule has 1 N–H and O–H groups in total. The molecular formula is C23H27NO5. The summed E-state index contributed by atoms with van der Waals surface area (Å²) in [5, 5.41) is 2.79. The topological polar surface area (TPSA) is 81.7 Å². The Bertz CT molecular complexity index is 795. The lowest BCUT2D eigenvalue weighted by atomic mass is 9.75. The zero-order valence-electron chi connectivity index (χ0n) is 17.2. The second-order valence-corrected chi connectivity index (χ2v) is 7.07. The third-order valence-corrected chi connectivity index (χ3v) is 5.14. The molecule has 2 aromatic carbocycles. The highest BCUT2D eigenvalue weighted by molar-refractivity contribution is 5.94. The Morgan fingerprint density at radius 2 is 1.31 bits per heavy atom. The van der Waals surface area contributed by atoms with E-state index in [0.29, 0.717) is 0 Å². The largest absolute Gasteiger partial charge is 0.469 e. The maximum atomic E-state index is 13.5. The van der Waals surface area contributed by atoms with Crippen molar-refractivity contribution in [2.75, 3.05) is 14.2 Å². The van der Waals surface area contributed by atoms with E-state index < -0.39 is 29.3 Å². The molecular weight excluding hydrogens is 370 g/mol. The Morgan fingerprint density at radius 3 is 1.72 bits per heavy atom. The summed E-state index contributed by atoms with van der Waals surface area (Å²) in [5.41, 5.74) is 0.533. The molecule has 0 aliphatic heterocycles. The van der Waals surface area contributed by atoms with Gasteiger partial charge in [-0.1, -0.05) is 67.6 Å². The van der Waals surface area contributed by atoms with Gasteiger partial charge in [-0.25, -0.2) is 4.79 Å². The monoisotopic (exact) mass is 397 g/mol. The van der Waals surface area contributed by atoms with Crippen molar-refractivity contribution in [1.29, 1.82) is 0 Å². The average molecular weight is 397 g/mol. The van der Waals surface area contributed by atoms with Crippen molar-refractivity contribution >= 4 is 17.8 Å². The van der Waals surface area contributed by atoms with Crippen molar-refractivity contribution in [2.24, 2.45) is 5.92 Å². The molecule has 0 unspecified atom stereocenters. The van der Waals surface area contributed by atoms with E-state index in [4.69, 9.17) is 9.47 Å². The van der Waals surface area contributed by atoms with Crippen molar-refractivity contribution in [3.8, 4) is 0 Å². The van der Waals surface area contributed by atoms with Gasteiger partial charge < -0.3 is 14.8 Å². The molecule has 154 valence electrons. The molecule has 2 aromatic rings. The van der Waals surface area contributed by atoms with Gasteiger partial charge >= 0.3 is 11.9 Å². The molecule has 0 saturated carbocycles. The number of nitrogens with one attached hydrogen (secondary N) is 1. The van der Waals surface area contributed by atoms with Crippen molar-refractivity contribution < 1.29 is 23.9 Å². The van der Waals surface area contributed by atoms with Gasteiger partial charge in [0, 0.05) is 0 Å². The van der Waals surface area contributed by atoms with Crippen LogP contribution in [0.15, 0.2) is 60.7 Å². The van der Waals surface area contributed by atoms with Gasteiger partial charge in [-0.3, -0.25) is 9.59 Å². The molecule has 0 saturated heterocycles. The summed E-state index contributed by atoms with van der Waals surface area (Å²) < 4.78 is 9.58. The van der Waals surface area contributed by atoms with E-state index in [9.17, 15) is 14.4 Å². The lowest BCUT2D eigenvalue weighted by Gasteiger charge is -2.31. The van der Waals surface area contributed by atoms with Crippen LogP contribution in [-0.4, -0.2) is 38.1 Å². The number of benzene rings is 2. The van der Waals surface area contributed by atoms with Gasteiger partial charge in [0.1, 0.15) is 6.04 Å². The van der Waals surface area contributed by atoms with Gasteiger partial charge in [-0.2, -0.15) is 0 Å². The van der Waals surface area contributed by atoms with E-state index >= 15 is 0 Å². The molecule has 0 aromatic heterocycles. The predicted octanol–water partition coefficient (Wildman–Crippen LogP) is 2.85. The van der Waals surface area contributed by atoms with Crippen LogP contribution < -0.4 is 5.32 Å². The van der Waals surface area contributed by atoms with Crippen LogP contribution in [0.3, 0.4) is 0 Å². The first-order chi connectivity index (χ1) is 13.8. The molecule has 0 aliphatic rings. The fourth-order valence-electron chi connectivity index (χ4n) is 3.28. The molecule has 6 nitrogen and oxygen atoms in total. The van der Waals surface area contributed by atoms with Crippen molar-refractivity contribution in [2.45, 2.75) is 31.7 Å². The number of hydrogen-bond acceptors (Lipinski definition) is 5. The van der Waals surface area contributed by atoms with Crippen LogP contribution in [0.1, 0.15) is 31.4 Å². The SMILES string of the molecule is COC(=O)[C@@H](C)C[C@@H](NC(=O)C(C)(c1ccccc1)c1ccccc1)C(=O)OC. The summed E-state index contributed by atoms with van der Waals surface area (Å²) in [5.74, 6) is -2.01. The number of amides is 1. The Kier molecular flexibility index (Phi) is 7.53. The standard InChI is InChI=1S/C23H27NO5/c1-16(20(25)28-3)15-19(21(26)29-4)24-22(27)23(2,17-11-7-5-8-12-17)18-13-9-6-10-14-18/h5-14,16,19H,15H2,1-4H3,(H,24,27)/t16-,19+/m0/s1. The van der Waals surface area contributed by atoms with Crippen LogP contribution in [0.2, 0.25) is 0 Å². The number of carbonyl (C=O) groups is 3. The fraction of sp³-hybridized carbons (Fsp3) is 0.348. The zero-order valence-corrected chi connectivity index (χ0v) is 17.2. The molecule has 0 heterocycles. The molecule has 1 amide bonds. The highest BCUT2D eigenvalue weighted by Gasteiger charge is 2.39. The second kappa shape index (κ2) is 9.87. The minimum Gasteiger partial charge on any atom is -0.469 e. The van der Waals surface area contributed by atoms with Crippen LogP contribution in [0.5, 0.6) is 0 Å². The van der Waals surface area contributed by atoms with Crippen molar-refractivity contribution in [3.63, 3.8) is 0 Å². The molecule has 0 bridgehead atoms. The summed E-state index contributed by atoms with van der Waals surface area (Å²) >= 11 is 0. The number of methoxy groups -OCH3 is 2. The molecule has 2 atom stereocenters. The Morgan fingerprint density at radius 1 is 0.862 bits per heavy atom. The molecule has 2 rings (SSSR count). The molecule has 0 spiro atoms. The van der Waals surface area contributed by atoms with E-state index in [0.717, 1.165) is 11.1 Å². The molecule has 6 heteroatoms. The lowest BCUT2D eigenvalue weighted by Crippen LogP contribution is -2.51. The number of rotatable bonds is 8. The first kappa shape index (κ1) is 22.1. The van der Waals surface area contributed by atoms with E-state index in [1.807, 2.05) is 67.6 Å². The van der Waals surface area contributed by atoms with Crippen LogP contribution in [0, 0.1) is 5.92 Å². The maximum absolute atomic E-state index is 13.5. The summed E-state index contributed by atoms with van der Waals surface area (Å²) in [4.78, 5) is 37.6. The van der Waals surface area contributed by atoms with Gasteiger partial charge in [0.15, 0.2) is 0 Å². The van der Waals surface area contributed by atoms with Gasteiger partial charge in [0.2, 0.25) is 5.91 Å². The zero-order chi connectivity index (χ0) is 21.4. The highest BCUT2D eigenvalue weighted by Crippen LogP contribution is 2.32. The summed E-state index contributed by atoms with van der Waals surface area (Å²) in [6.45, 7) is 3.45. The normalized spacial score (nSPS) is 13.1. The number of ether oxygens (including phenoxy) is 2. The Hall–Kier alpha value is -3.15. The quantitative estimate of drug-likeness (QED) is 0.693. The van der Waals surface area contributed by atoms with Gasteiger partial charge in [0.25, 0.3) is 0 Å². The van der Waals surface area contributed by atoms with Crippen molar-refractivity contribution in [3.05, 3.63) is 71.8 Å². The molecule has 0 fully saturated rings. The first-order valence-electron chi connectivity index (χ1n) is 9.42. The summed E-state index contributed by atoms with van der Waals surface area (Å²) in [6, 6.07) is 17.7. The van der Waals surface area contributed by atoms with Crippen LogP contribution in [0.25, 0.3) is 0 Å². The third kappa shape index (κ3) is 5.02. The number of carbonyl (C=O) groups excluding carboxylic acids is 3. The third-order valence-electron chi connectivity index (χ3n) is 5.14. The average Bonchev–Trinajstić information content (AvgIpc) is 2.77. The fourth-order valence-corrected chi connectivity index (χ4v) is 3.28. The van der Waals surface area contributed by atoms with Crippen LogP contribution in [-0.2, 0) is 29.3 Å². The van der Waals surface area contributed by atoms with E-state index in [2.05, 4.69) is 5.32 Å². The lowest BCUT2D eigenvalue weighted by molar-refractivity contribution is -0.149. The first-order valence-corrected chi connectivity index (χ1v) is 9.42. The molecule has 0 aliphatic carbocycles. The maximum Gasteiger partial charge on any atom is 0.328 e. The Labute approximate surface area is 171 Å². The van der Waals surface area contributed by atoms with E-state index in [1.54, 1.807) is 6.92 Å². The molecule has 0 radical (unpaired) electrons. The van der Waals surface area contributed by atoms with Gasteiger partial charge in [-0.15, -0.1) is 0 Å². The smallest absolute Gasteiger partial charge is 0.328 e.